The molecule has 10 N–H and O–H groups in total. The number of unbranched alkanes of at least 4 members (excludes halogenated alkanes) is 1. The van der Waals surface area contributed by atoms with E-state index >= 15 is 0 Å². The Morgan fingerprint density at radius 3 is 2.47 bits per heavy atom. The molecular weight excluding hydrogens is 472 g/mol. The number of carbonyl (C=O) groups excluding carboxylic acids is 4. The summed E-state index contributed by atoms with van der Waals surface area (Å²) in [6, 6.07) is -4.17. The number of aromatic nitrogens is 2. The van der Waals surface area contributed by atoms with Gasteiger partial charge in [-0.15, -0.1) is 0 Å². The summed E-state index contributed by atoms with van der Waals surface area (Å²) in [5.41, 5.74) is 17.4. The summed E-state index contributed by atoms with van der Waals surface area (Å²) in [5, 5.41) is 14.7. The molecule has 1 aromatic heterocycles. The number of likely N-dealkylation sites (tertiary alicyclic amines) is 1. The number of hydrogen-bond donors (Lipinski definition) is 7. The molecule has 2 rings (SSSR count). The number of amides is 4. The summed E-state index contributed by atoms with van der Waals surface area (Å²) in [5.74, 6) is -3.64. The van der Waals surface area contributed by atoms with Crippen molar-refractivity contribution in [1.29, 1.82) is 0 Å². The molecular formula is C22H36N8O6. The molecule has 0 bridgehead atoms. The predicted molar refractivity (Wildman–Crippen MR) is 128 cm³/mol. The lowest BCUT2D eigenvalue weighted by atomic mass is 10.0. The van der Waals surface area contributed by atoms with Crippen LogP contribution in [0.5, 0.6) is 0 Å². The highest BCUT2D eigenvalue weighted by Gasteiger charge is 2.38. The van der Waals surface area contributed by atoms with Crippen molar-refractivity contribution in [3.63, 3.8) is 0 Å². The molecule has 1 saturated heterocycles. The van der Waals surface area contributed by atoms with E-state index in [1.54, 1.807) is 0 Å². The maximum Gasteiger partial charge on any atom is 0.326 e. The molecule has 1 fully saturated rings. The second-order valence-electron chi connectivity index (χ2n) is 8.83. The quantitative estimate of drug-likeness (QED) is 0.126. The second kappa shape index (κ2) is 14.1. The van der Waals surface area contributed by atoms with Crippen molar-refractivity contribution in [3.05, 3.63) is 18.2 Å². The zero-order chi connectivity index (χ0) is 26.7. The molecule has 14 nitrogen and oxygen atoms in total. The van der Waals surface area contributed by atoms with E-state index in [1.807, 2.05) is 0 Å². The Hall–Kier alpha value is -3.52. The molecule has 0 aliphatic carbocycles. The largest absolute Gasteiger partial charge is 0.480 e. The smallest absolute Gasteiger partial charge is 0.326 e. The van der Waals surface area contributed by atoms with Crippen molar-refractivity contribution in [2.45, 2.75) is 75.5 Å². The number of nitrogens with one attached hydrogen (secondary N) is 3. The fraction of sp³-hybridized carbons (Fsp3) is 0.636. The Labute approximate surface area is 208 Å². The summed E-state index contributed by atoms with van der Waals surface area (Å²) in [4.78, 5) is 69.9. The SMILES string of the molecule is NCCCCC(NC(=O)C(N)Cc1cnc[nH]1)C(=O)NC(CCC(N)=O)C(=O)N1CCCC1C(=O)O. The van der Waals surface area contributed by atoms with Gasteiger partial charge in [-0.25, -0.2) is 9.78 Å². The molecule has 4 amide bonds. The minimum absolute atomic E-state index is 0.106. The van der Waals surface area contributed by atoms with E-state index in [4.69, 9.17) is 17.2 Å². The molecule has 14 heteroatoms. The number of aromatic amines is 1. The maximum atomic E-state index is 13.2. The van der Waals surface area contributed by atoms with Gasteiger partial charge in [0.05, 0.1) is 12.4 Å². The van der Waals surface area contributed by atoms with Crippen LogP contribution in [0.15, 0.2) is 12.5 Å². The van der Waals surface area contributed by atoms with Gasteiger partial charge in [0.1, 0.15) is 18.1 Å². The number of aliphatic carboxylic acids is 1. The average Bonchev–Trinajstić information content (AvgIpc) is 3.52. The molecule has 0 spiro atoms. The predicted octanol–water partition coefficient (Wildman–Crippen LogP) is -2.28. The van der Waals surface area contributed by atoms with Crippen LogP contribution in [0, 0.1) is 0 Å². The van der Waals surface area contributed by atoms with Crippen LogP contribution in [0.1, 0.15) is 50.6 Å². The average molecular weight is 509 g/mol. The highest BCUT2D eigenvalue weighted by Crippen LogP contribution is 2.20. The minimum atomic E-state index is -1.18. The Balaban J connectivity index is 2.13. The molecule has 36 heavy (non-hydrogen) atoms. The number of nitrogens with two attached hydrogens (primary N) is 3. The number of carbonyl (C=O) groups is 5. The summed E-state index contributed by atoms with van der Waals surface area (Å²) in [6.45, 7) is 0.616. The molecule has 1 aliphatic heterocycles. The first-order chi connectivity index (χ1) is 17.1. The lowest BCUT2D eigenvalue weighted by Crippen LogP contribution is -2.57. The maximum absolute atomic E-state index is 13.2. The number of nitrogens with zero attached hydrogens (tertiary/aromatic N) is 2. The highest BCUT2D eigenvalue weighted by atomic mass is 16.4. The van der Waals surface area contributed by atoms with Crippen molar-refractivity contribution in [1.82, 2.24) is 25.5 Å². The van der Waals surface area contributed by atoms with Gasteiger partial charge in [-0.05, 0) is 45.1 Å². The molecule has 1 aliphatic rings. The zero-order valence-corrected chi connectivity index (χ0v) is 20.2. The van der Waals surface area contributed by atoms with Crippen LogP contribution in [-0.4, -0.2) is 86.8 Å². The summed E-state index contributed by atoms with van der Waals surface area (Å²) >= 11 is 0. The third kappa shape index (κ3) is 8.61. The molecule has 1 aromatic rings. The summed E-state index contributed by atoms with van der Waals surface area (Å²) in [6.07, 6.45) is 5.05. The van der Waals surface area contributed by atoms with E-state index < -0.39 is 53.8 Å². The molecule has 200 valence electrons. The lowest BCUT2D eigenvalue weighted by Gasteiger charge is -2.29. The number of carboxylic acid groups (broad SMARTS) is 1. The van der Waals surface area contributed by atoms with Crippen molar-refractivity contribution in [3.8, 4) is 0 Å². The third-order valence-electron chi connectivity index (χ3n) is 6.03. The van der Waals surface area contributed by atoms with Crippen LogP contribution in [0.4, 0.5) is 0 Å². The lowest BCUT2D eigenvalue weighted by molar-refractivity contribution is -0.149. The van der Waals surface area contributed by atoms with E-state index in [-0.39, 0.29) is 32.2 Å². The first-order valence-electron chi connectivity index (χ1n) is 12.0. The first-order valence-corrected chi connectivity index (χ1v) is 12.0. The van der Waals surface area contributed by atoms with Crippen LogP contribution < -0.4 is 27.8 Å². The van der Waals surface area contributed by atoms with Crippen molar-refractivity contribution in [2.75, 3.05) is 13.1 Å². The van der Waals surface area contributed by atoms with Gasteiger partial charge in [0, 0.05) is 31.3 Å². The highest BCUT2D eigenvalue weighted by molar-refractivity contribution is 5.94. The van der Waals surface area contributed by atoms with Gasteiger partial charge < -0.3 is 42.8 Å². The van der Waals surface area contributed by atoms with Gasteiger partial charge in [0.25, 0.3) is 0 Å². The van der Waals surface area contributed by atoms with Crippen LogP contribution in [0.2, 0.25) is 0 Å². The monoisotopic (exact) mass is 508 g/mol. The van der Waals surface area contributed by atoms with Crippen molar-refractivity contribution in [2.24, 2.45) is 17.2 Å². The minimum Gasteiger partial charge on any atom is -0.480 e. The number of imidazole rings is 1. The number of primary amides is 1. The normalized spacial score (nSPS) is 17.7. The van der Waals surface area contributed by atoms with Gasteiger partial charge in [-0.2, -0.15) is 0 Å². The molecule has 0 saturated carbocycles. The number of H-pyrrole nitrogens is 1. The Bertz CT molecular complexity index is 908. The first kappa shape index (κ1) is 28.7. The Kier molecular flexibility index (Phi) is 11.3. The molecule has 2 heterocycles. The third-order valence-corrected chi connectivity index (χ3v) is 6.03. The standard InChI is InChI=1S/C22H36N8O6/c23-8-2-1-4-15(28-19(32)14(24)10-13-11-26-12-27-13)20(33)29-16(6-7-18(25)31)21(34)30-9-3-5-17(30)22(35)36/h11-12,14-17H,1-10,23-24H2,(H2,25,31)(H,26,27)(H,28,32)(H,29,33)(H,35,36). The Morgan fingerprint density at radius 2 is 1.86 bits per heavy atom. The molecule has 4 atom stereocenters. The van der Waals surface area contributed by atoms with Gasteiger partial charge in [-0.1, -0.05) is 0 Å². The van der Waals surface area contributed by atoms with Gasteiger partial charge in [-0.3, -0.25) is 19.2 Å². The summed E-state index contributed by atoms with van der Waals surface area (Å²) in [7, 11) is 0. The van der Waals surface area contributed by atoms with E-state index in [0.29, 0.717) is 37.9 Å². The van der Waals surface area contributed by atoms with Gasteiger partial charge in [0.2, 0.25) is 23.6 Å². The van der Waals surface area contributed by atoms with Crippen LogP contribution >= 0.6 is 0 Å². The van der Waals surface area contributed by atoms with E-state index in [1.165, 1.54) is 17.4 Å². The number of hydrogen-bond acceptors (Lipinski definition) is 8. The zero-order valence-electron chi connectivity index (χ0n) is 20.2. The van der Waals surface area contributed by atoms with E-state index in [9.17, 15) is 29.1 Å². The fourth-order valence-electron chi connectivity index (χ4n) is 4.07. The number of carboxylic acids is 1. The van der Waals surface area contributed by atoms with Crippen LogP contribution in [-0.2, 0) is 30.4 Å². The van der Waals surface area contributed by atoms with E-state index in [2.05, 4.69) is 20.6 Å². The fourth-order valence-corrected chi connectivity index (χ4v) is 4.07. The topological polar surface area (TPSA) is 240 Å². The van der Waals surface area contributed by atoms with E-state index in [0.717, 1.165) is 0 Å². The van der Waals surface area contributed by atoms with Crippen LogP contribution in [0.25, 0.3) is 0 Å². The molecule has 4 unspecified atom stereocenters. The van der Waals surface area contributed by atoms with Crippen molar-refractivity contribution >= 4 is 29.6 Å². The summed E-state index contributed by atoms with van der Waals surface area (Å²) < 4.78 is 0. The molecule has 0 radical (unpaired) electrons. The van der Waals surface area contributed by atoms with Crippen molar-refractivity contribution < 1.29 is 29.1 Å². The number of rotatable bonds is 15. The van der Waals surface area contributed by atoms with Gasteiger partial charge >= 0.3 is 5.97 Å². The second-order valence-corrected chi connectivity index (χ2v) is 8.83. The van der Waals surface area contributed by atoms with Crippen LogP contribution in [0.3, 0.4) is 0 Å². The van der Waals surface area contributed by atoms with Gasteiger partial charge in [0.15, 0.2) is 0 Å². The Morgan fingerprint density at radius 1 is 1.14 bits per heavy atom. The molecule has 0 aromatic carbocycles.